The van der Waals surface area contributed by atoms with Crippen LogP contribution in [0.5, 0.6) is 0 Å². The molecule has 1 aliphatic heterocycles. The Bertz CT molecular complexity index is 963. The molecule has 1 saturated heterocycles. The number of para-hydroxylation sites is 1. The van der Waals surface area contributed by atoms with Gasteiger partial charge >= 0.3 is 0 Å². The van der Waals surface area contributed by atoms with Crippen molar-refractivity contribution in [2.24, 2.45) is 0 Å². The van der Waals surface area contributed by atoms with Gasteiger partial charge in [-0.2, -0.15) is 0 Å². The Hall–Kier alpha value is -2.92. The first kappa shape index (κ1) is 18.4. The van der Waals surface area contributed by atoms with Gasteiger partial charge in [-0.05, 0) is 36.8 Å². The molecule has 0 aliphatic carbocycles. The molecule has 144 valence electrons. The normalized spacial score (nSPS) is 15.0. The van der Waals surface area contributed by atoms with Crippen LogP contribution in [0.4, 0.5) is 5.69 Å². The number of carbonyl (C=O) groups is 1. The summed E-state index contributed by atoms with van der Waals surface area (Å²) in [6.45, 7) is 7.69. The van der Waals surface area contributed by atoms with Gasteiger partial charge in [-0.1, -0.05) is 36.4 Å². The highest BCUT2D eigenvalue weighted by Gasteiger charge is 2.17. The van der Waals surface area contributed by atoms with Gasteiger partial charge in [0.25, 0.3) is 5.91 Å². The molecule has 2 heterocycles. The van der Waals surface area contributed by atoms with Crippen molar-refractivity contribution in [2.45, 2.75) is 6.92 Å². The molecule has 0 atom stereocenters. The van der Waals surface area contributed by atoms with Crippen molar-refractivity contribution in [3.8, 4) is 0 Å². The Kier molecular flexibility index (Phi) is 5.53. The zero-order chi connectivity index (χ0) is 19.3. The molecular formula is C23H26N4O. The van der Waals surface area contributed by atoms with E-state index in [9.17, 15) is 4.79 Å². The summed E-state index contributed by atoms with van der Waals surface area (Å²) in [6.07, 6.45) is 0. The van der Waals surface area contributed by atoms with Crippen molar-refractivity contribution in [1.29, 1.82) is 0 Å². The highest BCUT2D eigenvalue weighted by atomic mass is 16.1. The molecule has 5 heteroatoms. The number of pyridine rings is 1. The molecule has 3 aromatic rings. The third kappa shape index (κ3) is 4.31. The Morgan fingerprint density at radius 2 is 1.82 bits per heavy atom. The summed E-state index contributed by atoms with van der Waals surface area (Å²) in [5.74, 6) is -0.107. The predicted octanol–water partition coefficient (Wildman–Crippen LogP) is 3.10. The van der Waals surface area contributed by atoms with Gasteiger partial charge in [0.05, 0.1) is 5.52 Å². The lowest BCUT2D eigenvalue weighted by Crippen LogP contribution is -2.48. The first-order chi connectivity index (χ1) is 13.7. The number of fused-ring (bicyclic) bond motifs is 1. The summed E-state index contributed by atoms with van der Waals surface area (Å²) in [4.78, 5) is 21.7. The van der Waals surface area contributed by atoms with E-state index in [2.05, 4.69) is 51.3 Å². The Morgan fingerprint density at radius 3 is 2.64 bits per heavy atom. The lowest BCUT2D eigenvalue weighted by molar-refractivity contribution is 0.0943. The number of aromatic nitrogens is 1. The van der Waals surface area contributed by atoms with Gasteiger partial charge in [-0.15, -0.1) is 0 Å². The summed E-state index contributed by atoms with van der Waals surface area (Å²) in [5, 5.41) is 4.05. The lowest BCUT2D eigenvalue weighted by Gasteiger charge is -2.36. The molecular weight excluding hydrogens is 348 g/mol. The standard InChI is InChI=1S/C23H26N4O/c1-18-5-4-7-20(17-18)27-15-13-26(14-16-27)12-11-24-23(28)22-10-9-19-6-2-3-8-21(19)25-22/h2-10,17H,11-16H2,1H3,(H,24,28). The van der Waals surface area contributed by atoms with E-state index in [-0.39, 0.29) is 5.91 Å². The van der Waals surface area contributed by atoms with Gasteiger partial charge in [-0.3, -0.25) is 9.69 Å². The highest BCUT2D eigenvalue weighted by Crippen LogP contribution is 2.17. The molecule has 0 saturated carbocycles. The van der Waals surface area contributed by atoms with Crippen molar-refractivity contribution in [1.82, 2.24) is 15.2 Å². The summed E-state index contributed by atoms with van der Waals surface area (Å²) in [7, 11) is 0. The number of amides is 1. The minimum Gasteiger partial charge on any atom is -0.369 e. The topological polar surface area (TPSA) is 48.5 Å². The second kappa shape index (κ2) is 8.40. The van der Waals surface area contributed by atoms with Crippen molar-refractivity contribution in [2.75, 3.05) is 44.2 Å². The van der Waals surface area contributed by atoms with Gasteiger partial charge in [-0.25, -0.2) is 4.98 Å². The molecule has 1 amide bonds. The fourth-order valence-corrected chi connectivity index (χ4v) is 3.66. The van der Waals surface area contributed by atoms with Gasteiger partial charge in [0.1, 0.15) is 5.69 Å². The predicted molar refractivity (Wildman–Crippen MR) is 114 cm³/mol. The van der Waals surface area contributed by atoms with Crippen LogP contribution < -0.4 is 10.2 Å². The van der Waals surface area contributed by atoms with E-state index in [1.807, 2.05) is 30.3 Å². The zero-order valence-corrected chi connectivity index (χ0v) is 16.3. The average molecular weight is 374 g/mol. The quantitative estimate of drug-likeness (QED) is 0.746. The minimum absolute atomic E-state index is 0.107. The van der Waals surface area contributed by atoms with E-state index in [0.29, 0.717) is 12.2 Å². The number of carbonyl (C=O) groups excluding carboxylic acids is 1. The maximum Gasteiger partial charge on any atom is 0.269 e. The Labute approximate surface area is 166 Å². The van der Waals surface area contributed by atoms with Crippen LogP contribution in [0.1, 0.15) is 16.1 Å². The van der Waals surface area contributed by atoms with Crippen LogP contribution in [0.2, 0.25) is 0 Å². The maximum absolute atomic E-state index is 12.4. The molecule has 28 heavy (non-hydrogen) atoms. The number of nitrogens with zero attached hydrogens (tertiary/aromatic N) is 3. The van der Waals surface area contributed by atoms with E-state index in [4.69, 9.17) is 0 Å². The second-order valence-corrected chi connectivity index (χ2v) is 7.31. The maximum atomic E-state index is 12.4. The van der Waals surface area contributed by atoms with Crippen molar-refractivity contribution >= 4 is 22.5 Å². The van der Waals surface area contributed by atoms with Crippen LogP contribution in [0.3, 0.4) is 0 Å². The number of aryl methyl sites for hydroxylation is 1. The Morgan fingerprint density at radius 1 is 1.00 bits per heavy atom. The van der Waals surface area contributed by atoms with Crippen molar-refractivity contribution in [3.63, 3.8) is 0 Å². The van der Waals surface area contributed by atoms with E-state index in [1.54, 1.807) is 6.07 Å². The van der Waals surface area contributed by atoms with Crippen LogP contribution in [0.15, 0.2) is 60.7 Å². The molecule has 1 fully saturated rings. The molecule has 0 unspecified atom stereocenters. The first-order valence-electron chi connectivity index (χ1n) is 9.87. The van der Waals surface area contributed by atoms with Crippen LogP contribution in [0.25, 0.3) is 10.9 Å². The SMILES string of the molecule is Cc1cccc(N2CCN(CCNC(=O)c3ccc4ccccc4n3)CC2)c1. The van der Waals surface area contributed by atoms with Gasteiger partial charge in [0, 0.05) is 50.3 Å². The average Bonchev–Trinajstić information content (AvgIpc) is 2.74. The number of hydrogen-bond donors (Lipinski definition) is 1. The number of piperazine rings is 1. The van der Waals surface area contributed by atoms with Gasteiger partial charge < -0.3 is 10.2 Å². The van der Waals surface area contributed by atoms with Crippen molar-refractivity contribution in [3.05, 3.63) is 71.9 Å². The van der Waals surface area contributed by atoms with E-state index in [0.717, 1.165) is 43.6 Å². The molecule has 0 spiro atoms. The monoisotopic (exact) mass is 374 g/mol. The fraction of sp³-hybridized carbons (Fsp3) is 0.304. The van der Waals surface area contributed by atoms with Crippen molar-refractivity contribution < 1.29 is 4.79 Å². The number of anilines is 1. The minimum atomic E-state index is -0.107. The summed E-state index contributed by atoms with van der Waals surface area (Å²) in [5.41, 5.74) is 3.92. The van der Waals surface area contributed by atoms with Crippen LogP contribution >= 0.6 is 0 Å². The number of rotatable bonds is 5. The third-order valence-corrected chi connectivity index (χ3v) is 5.28. The number of nitrogens with one attached hydrogen (secondary N) is 1. The molecule has 1 N–H and O–H groups in total. The largest absolute Gasteiger partial charge is 0.369 e. The second-order valence-electron chi connectivity index (χ2n) is 7.31. The molecule has 0 bridgehead atoms. The molecule has 1 aliphatic rings. The van der Waals surface area contributed by atoms with Crippen LogP contribution in [-0.4, -0.2) is 55.1 Å². The third-order valence-electron chi connectivity index (χ3n) is 5.28. The zero-order valence-electron chi connectivity index (χ0n) is 16.3. The number of hydrogen-bond acceptors (Lipinski definition) is 4. The Balaban J connectivity index is 1.24. The van der Waals surface area contributed by atoms with Gasteiger partial charge in [0.15, 0.2) is 0 Å². The molecule has 0 radical (unpaired) electrons. The van der Waals surface area contributed by atoms with E-state index in [1.165, 1.54) is 11.3 Å². The number of benzene rings is 2. The molecule has 5 nitrogen and oxygen atoms in total. The molecule has 4 rings (SSSR count). The van der Waals surface area contributed by atoms with Gasteiger partial charge in [0.2, 0.25) is 0 Å². The first-order valence-corrected chi connectivity index (χ1v) is 9.87. The van der Waals surface area contributed by atoms with Crippen LogP contribution in [-0.2, 0) is 0 Å². The summed E-state index contributed by atoms with van der Waals surface area (Å²) >= 11 is 0. The molecule has 1 aromatic heterocycles. The summed E-state index contributed by atoms with van der Waals surface area (Å²) < 4.78 is 0. The van der Waals surface area contributed by atoms with E-state index < -0.39 is 0 Å². The smallest absolute Gasteiger partial charge is 0.269 e. The molecule has 2 aromatic carbocycles. The lowest BCUT2D eigenvalue weighted by atomic mass is 10.2. The van der Waals surface area contributed by atoms with E-state index >= 15 is 0 Å². The highest BCUT2D eigenvalue weighted by molar-refractivity contribution is 5.94. The van der Waals surface area contributed by atoms with Crippen LogP contribution in [0, 0.1) is 6.92 Å². The fourth-order valence-electron chi connectivity index (χ4n) is 3.66. The summed E-state index contributed by atoms with van der Waals surface area (Å²) in [6, 6.07) is 20.3.